The number of rotatable bonds is 15. The zero-order valence-electron chi connectivity index (χ0n) is 19.0. The number of nitrogens with one attached hydrogen (secondary N) is 2. The van der Waals surface area contributed by atoms with Crippen LogP contribution in [-0.2, 0) is 23.8 Å². The van der Waals surface area contributed by atoms with Gasteiger partial charge >= 0.3 is 0 Å². The molecule has 0 fully saturated rings. The minimum atomic E-state index is -0.801. The van der Waals surface area contributed by atoms with Crippen molar-refractivity contribution in [1.82, 2.24) is 10.6 Å². The summed E-state index contributed by atoms with van der Waals surface area (Å²) in [5.41, 5.74) is 2.70. The van der Waals surface area contributed by atoms with E-state index in [0.29, 0.717) is 18.4 Å². The van der Waals surface area contributed by atoms with E-state index >= 15 is 0 Å². The van der Waals surface area contributed by atoms with Gasteiger partial charge in [-0.15, -0.1) is 13.2 Å². The van der Waals surface area contributed by atoms with Crippen LogP contribution in [0.15, 0.2) is 85.9 Å². The first kappa shape index (κ1) is 34.8. The van der Waals surface area contributed by atoms with E-state index in [-0.39, 0.29) is 25.2 Å². The molecule has 0 aromatic carbocycles. The van der Waals surface area contributed by atoms with Gasteiger partial charge in [0, 0.05) is 35.3 Å². The maximum atomic E-state index is 12.1. The molecule has 0 saturated heterocycles. The normalized spacial score (nSPS) is 12.6. The van der Waals surface area contributed by atoms with Crippen molar-refractivity contribution in [3.63, 3.8) is 0 Å². The third-order valence-corrected chi connectivity index (χ3v) is 3.45. The maximum Gasteiger partial charge on any atom is 0.268 e. The smallest absolute Gasteiger partial charge is 0.268 e. The molecule has 0 bridgehead atoms. The van der Waals surface area contributed by atoms with Gasteiger partial charge in [0.25, 0.3) is 5.91 Å². The number of ether oxygens (including phenoxy) is 3. The van der Waals surface area contributed by atoms with Gasteiger partial charge in [0.15, 0.2) is 6.29 Å². The van der Waals surface area contributed by atoms with Gasteiger partial charge in [-0.1, -0.05) is 36.4 Å². The Balaban J connectivity index is -0.000000627. The molecule has 0 aliphatic heterocycles. The third-order valence-electron chi connectivity index (χ3n) is 3.10. The molecule has 0 aromatic rings. The lowest BCUT2D eigenvalue weighted by Gasteiger charge is -2.18. The SMILES string of the molecule is C=C.C=COCC(O/C=C/C=C/Cl)C(=O)NC(=C)CC(C)NC.O=CCO/C=C/C(F)=C/Cl. The Labute approximate surface area is 205 Å². The van der Waals surface area contributed by atoms with Crippen molar-refractivity contribution in [1.29, 1.82) is 0 Å². The molecule has 0 radical (unpaired) electrons. The molecule has 33 heavy (non-hydrogen) atoms. The predicted octanol–water partition coefficient (Wildman–Crippen LogP) is 4.99. The zero-order chi connectivity index (χ0) is 25.9. The van der Waals surface area contributed by atoms with Crippen LogP contribution in [0.4, 0.5) is 4.39 Å². The highest BCUT2D eigenvalue weighted by Crippen LogP contribution is 2.03. The van der Waals surface area contributed by atoms with Crippen LogP contribution in [-0.4, -0.2) is 44.6 Å². The van der Waals surface area contributed by atoms with Crippen molar-refractivity contribution in [2.24, 2.45) is 0 Å². The van der Waals surface area contributed by atoms with Crippen molar-refractivity contribution in [3.8, 4) is 0 Å². The van der Waals surface area contributed by atoms with Crippen LogP contribution in [0.25, 0.3) is 0 Å². The van der Waals surface area contributed by atoms with Crippen LogP contribution in [0, 0.1) is 0 Å². The molecular weight excluding hydrogens is 474 g/mol. The molecule has 0 heterocycles. The molecule has 0 spiro atoms. The van der Waals surface area contributed by atoms with Crippen LogP contribution < -0.4 is 10.6 Å². The van der Waals surface area contributed by atoms with E-state index in [2.05, 4.69) is 41.7 Å². The molecule has 7 nitrogen and oxygen atoms in total. The van der Waals surface area contributed by atoms with E-state index in [1.54, 1.807) is 12.2 Å². The Morgan fingerprint density at radius 1 is 1.18 bits per heavy atom. The molecule has 2 atom stereocenters. The summed E-state index contributed by atoms with van der Waals surface area (Å²) in [6.45, 7) is 15.2. The first-order chi connectivity index (χ1) is 15.9. The van der Waals surface area contributed by atoms with Gasteiger partial charge in [-0.3, -0.25) is 9.59 Å². The standard InChI is InChI=1S/C15H23ClN2O3.C6H6ClFO2.C2H4/c1-5-20-11-14(21-9-7-6-8-16)15(19)18-13(3)10-12(2)17-4;7-5-6(8)1-3-10-4-2-9;1-2/h5-9,12,14,17H,1,3,10-11H2,2,4H3,(H,18,19);1-3,5H,4H2;1-2H2/b8-6+,9-7+;3-1+,6-5-;. The highest BCUT2D eigenvalue weighted by molar-refractivity contribution is 6.25. The zero-order valence-corrected chi connectivity index (χ0v) is 20.5. The Bertz CT molecular complexity index is 667. The molecule has 0 rings (SSSR count). The fourth-order valence-electron chi connectivity index (χ4n) is 1.58. The van der Waals surface area contributed by atoms with Gasteiger partial charge < -0.3 is 24.8 Å². The molecule has 0 aliphatic carbocycles. The van der Waals surface area contributed by atoms with Crippen molar-refractivity contribution in [3.05, 3.63) is 85.9 Å². The first-order valence-corrected chi connectivity index (χ1v) is 10.4. The van der Waals surface area contributed by atoms with E-state index < -0.39 is 11.9 Å². The molecule has 0 saturated carbocycles. The highest BCUT2D eigenvalue weighted by Gasteiger charge is 2.20. The monoisotopic (exact) mass is 506 g/mol. The van der Waals surface area contributed by atoms with Crippen molar-refractivity contribution in [2.45, 2.75) is 25.5 Å². The fourth-order valence-corrected chi connectivity index (χ4v) is 1.74. The average molecular weight is 507 g/mol. The van der Waals surface area contributed by atoms with E-state index in [0.717, 1.165) is 17.9 Å². The minimum Gasteiger partial charge on any atom is -0.497 e. The fraction of sp³-hybridized carbons (Fsp3) is 0.304. The van der Waals surface area contributed by atoms with Crippen molar-refractivity contribution >= 4 is 35.4 Å². The van der Waals surface area contributed by atoms with Crippen molar-refractivity contribution in [2.75, 3.05) is 20.3 Å². The molecule has 2 unspecified atom stereocenters. The number of aldehydes is 1. The molecular formula is C23H33Cl2FN2O5. The number of carbonyl (C=O) groups is 2. The lowest BCUT2D eigenvalue weighted by Crippen LogP contribution is -2.38. The Kier molecular flexibility index (Phi) is 28.7. The minimum absolute atomic E-state index is 0.0547. The number of carbonyl (C=O) groups excluding carboxylic acids is 2. The molecule has 10 heteroatoms. The number of amides is 1. The summed E-state index contributed by atoms with van der Waals surface area (Å²) in [7, 11) is 1.85. The second kappa shape index (κ2) is 27.2. The summed E-state index contributed by atoms with van der Waals surface area (Å²) < 4.78 is 26.8. The quantitative estimate of drug-likeness (QED) is 0.107. The van der Waals surface area contributed by atoms with E-state index in [9.17, 15) is 14.0 Å². The third kappa shape index (κ3) is 25.3. The van der Waals surface area contributed by atoms with Gasteiger partial charge in [-0.05, 0) is 26.1 Å². The Hall–Kier alpha value is -2.81. The van der Waals surface area contributed by atoms with Gasteiger partial charge in [-0.2, -0.15) is 0 Å². The molecule has 0 aliphatic rings. The second-order valence-electron chi connectivity index (χ2n) is 5.56. The highest BCUT2D eigenvalue weighted by atomic mass is 35.5. The molecule has 2 N–H and O–H groups in total. The van der Waals surface area contributed by atoms with Crippen LogP contribution in [0.3, 0.4) is 0 Å². The number of hydrogen-bond acceptors (Lipinski definition) is 6. The summed E-state index contributed by atoms with van der Waals surface area (Å²) in [5.74, 6) is -0.947. The lowest BCUT2D eigenvalue weighted by molar-refractivity contribution is -0.131. The van der Waals surface area contributed by atoms with Crippen LogP contribution in [0.2, 0.25) is 0 Å². The topological polar surface area (TPSA) is 85.9 Å². The number of allylic oxidation sites excluding steroid dienone is 4. The lowest BCUT2D eigenvalue weighted by atomic mass is 10.2. The second-order valence-corrected chi connectivity index (χ2v) is 6.03. The summed E-state index contributed by atoms with van der Waals surface area (Å²) in [6.07, 6.45) is 8.22. The Morgan fingerprint density at radius 2 is 1.85 bits per heavy atom. The number of halogens is 3. The van der Waals surface area contributed by atoms with Crippen LogP contribution >= 0.6 is 23.2 Å². The molecule has 1 amide bonds. The largest absolute Gasteiger partial charge is 0.497 e. The van der Waals surface area contributed by atoms with Crippen LogP contribution in [0.1, 0.15) is 13.3 Å². The average Bonchev–Trinajstić information content (AvgIpc) is 2.82. The maximum absolute atomic E-state index is 12.1. The Morgan fingerprint density at radius 3 is 2.36 bits per heavy atom. The summed E-state index contributed by atoms with van der Waals surface area (Å²) in [4.78, 5) is 21.7. The van der Waals surface area contributed by atoms with Gasteiger partial charge in [0.05, 0.1) is 18.8 Å². The molecule has 186 valence electrons. The van der Waals surface area contributed by atoms with E-state index in [4.69, 9.17) is 32.7 Å². The summed E-state index contributed by atoms with van der Waals surface area (Å²) >= 11 is 10.3. The first-order valence-electron chi connectivity index (χ1n) is 9.49. The predicted molar refractivity (Wildman–Crippen MR) is 133 cm³/mol. The summed E-state index contributed by atoms with van der Waals surface area (Å²) in [5, 5.41) is 5.77. The summed E-state index contributed by atoms with van der Waals surface area (Å²) in [6, 6.07) is 0.218. The molecule has 0 aromatic heterocycles. The van der Waals surface area contributed by atoms with E-state index in [1.807, 2.05) is 14.0 Å². The number of hydrogen-bond donors (Lipinski definition) is 2. The van der Waals surface area contributed by atoms with E-state index in [1.165, 1.54) is 18.1 Å². The van der Waals surface area contributed by atoms with Gasteiger partial charge in [-0.25, -0.2) is 4.39 Å². The van der Waals surface area contributed by atoms with Gasteiger partial charge in [0.1, 0.15) is 19.0 Å². The van der Waals surface area contributed by atoms with Crippen LogP contribution in [0.5, 0.6) is 0 Å². The van der Waals surface area contributed by atoms with Crippen molar-refractivity contribution < 1.29 is 28.2 Å². The van der Waals surface area contributed by atoms with Gasteiger partial charge in [0.2, 0.25) is 6.10 Å².